The van der Waals surface area contributed by atoms with E-state index >= 15 is 0 Å². The molecule has 0 spiro atoms. The van der Waals surface area contributed by atoms with E-state index in [0.29, 0.717) is 12.0 Å². The molecule has 2 rings (SSSR count). The highest BCUT2D eigenvalue weighted by Gasteiger charge is 2.30. The number of aryl methyl sites for hydroxylation is 1. The highest BCUT2D eigenvalue weighted by Crippen LogP contribution is 2.32. The zero-order chi connectivity index (χ0) is 15.4. The van der Waals surface area contributed by atoms with Crippen molar-refractivity contribution >= 4 is 11.6 Å². The van der Waals surface area contributed by atoms with Gasteiger partial charge < -0.3 is 10.2 Å². The van der Waals surface area contributed by atoms with E-state index in [1.807, 2.05) is 0 Å². The number of anilines is 2. The molecule has 0 bridgehead atoms. The van der Waals surface area contributed by atoms with Crippen molar-refractivity contribution < 1.29 is 0 Å². The third kappa shape index (κ3) is 3.47. The molecule has 21 heavy (non-hydrogen) atoms. The van der Waals surface area contributed by atoms with Crippen molar-refractivity contribution in [1.29, 1.82) is 0 Å². The number of nitrogens with zero attached hydrogens (tertiary/aromatic N) is 3. The monoisotopic (exact) mass is 290 g/mol. The summed E-state index contributed by atoms with van der Waals surface area (Å²) in [5, 5.41) is 3.40. The Hall–Kier alpha value is -1.32. The lowest BCUT2D eigenvalue weighted by Crippen LogP contribution is -2.35. The Kier molecular flexibility index (Phi) is 5.43. The maximum atomic E-state index is 4.89. The Morgan fingerprint density at radius 2 is 2.05 bits per heavy atom. The Balaban J connectivity index is 2.40. The predicted octanol–water partition coefficient (Wildman–Crippen LogP) is 3.79. The largest absolute Gasteiger partial charge is 0.370 e. The molecule has 4 heteroatoms. The standard InChI is InChI=1S/C17H30N4/c1-6-9-15-19-16(18-7-2)13(5)17(20-15)21-11-8-10-14(21)12(3)4/h12,14H,6-11H2,1-5H3,(H,18,19,20). The van der Waals surface area contributed by atoms with E-state index in [2.05, 4.69) is 44.8 Å². The average molecular weight is 290 g/mol. The number of hydrogen-bond acceptors (Lipinski definition) is 4. The molecule has 1 saturated heterocycles. The van der Waals surface area contributed by atoms with Crippen LogP contribution in [0.4, 0.5) is 11.6 Å². The van der Waals surface area contributed by atoms with Crippen molar-refractivity contribution in [3.8, 4) is 0 Å². The summed E-state index contributed by atoms with van der Waals surface area (Å²) in [6.07, 6.45) is 4.58. The van der Waals surface area contributed by atoms with Gasteiger partial charge in [0, 0.05) is 31.1 Å². The molecule has 1 unspecified atom stereocenters. The highest BCUT2D eigenvalue weighted by atomic mass is 15.2. The molecule has 1 aliphatic heterocycles. The Labute approximate surface area is 129 Å². The van der Waals surface area contributed by atoms with Crippen molar-refractivity contribution in [2.45, 2.75) is 66.3 Å². The molecule has 1 aromatic heterocycles. The van der Waals surface area contributed by atoms with Crippen molar-refractivity contribution in [1.82, 2.24) is 9.97 Å². The normalized spacial score (nSPS) is 18.6. The predicted molar refractivity (Wildman–Crippen MR) is 90.1 cm³/mol. The molecule has 118 valence electrons. The van der Waals surface area contributed by atoms with Gasteiger partial charge in [-0.3, -0.25) is 0 Å². The molecule has 1 atom stereocenters. The van der Waals surface area contributed by atoms with Crippen LogP contribution >= 0.6 is 0 Å². The summed E-state index contributed by atoms with van der Waals surface area (Å²) in [6, 6.07) is 0.613. The SMILES string of the molecule is CCCc1nc(NCC)c(C)c(N2CCCC2C(C)C)n1. The molecular formula is C17H30N4. The summed E-state index contributed by atoms with van der Waals surface area (Å²) in [5.41, 5.74) is 1.20. The number of nitrogens with one attached hydrogen (secondary N) is 1. The van der Waals surface area contributed by atoms with Gasteiger partial charge in [0.1, 0.15) is 17.5 Å². The minimum atomic E-state index is 0.613. The minimum Gasteiger partial charge on any atom is -0.370 e. The molecular weight excluding hydrogens is 260 g/mol. The number of hydrogen-bond donors (Lipinski definition) is 1. The molecule has 0 radical (unpaired) electrons. The zero-order valence-corrected chi connectivity index (χ0v) is 14.2. The van der Waals surface area contributed by atoms with E-state index < -0.39 is 0 Å². The topological polar surface area (TPSA) is 41.1 Å². The second kappa shape index (κ2) is 7.10. The molecule has 1 N–H and O–H groups in total. The summed E-state index contributed by atoms with van der Waals surface area (Å²) >= 11 is 0. The maximum Gasteiger partial charge on any atom is 0.137 e. The van der Waals surface area contributed by atoms with Gasteiger partial charge in [0.2, 0.25) is 0 Å². The fourth-order valence-corrected chi connectivity index (χ4v) is 3.25. The first-order chi connectivity index (χ1) is 10.1. The molecule has 2 heterocycles. The number of aromatic nitrogens is 2. The molecule has 1 aliphatic rings. The smallest absolute Gasteiger partial charge is 0.137 e. The lowest BCUT2D eigenvalue weighted by atomic mass is 10.0. The van der Waals surface area contributed by atoms with Crippen molar-refractivity contribution in [3.63, 3.8) is 0 Å². The Morgan fingerprint density at radius 1 is 1.29 bits per heavy atom. The van der Waals surface area contributed by atoms with Gasteiger partial charge in [0.15, 0.2) is 0 Å². The lowest BCUT2D eigenvalue weighted by Gasteiger charge is -2.30. The molecule has 4 nitrogen and oxygen atoms in total. The van der Waals surface area contributed by atoms with Gasteiger partial charge in [-0.25, -0.2) is 9.97 Å². The summed E-state index contributed by atoms with van der Waals surface area (Å²) < 4.78 is 0. The van der Waals surface area contributed by atoms with Crippen LogP contribution in [-0.2, 0) is 6.42 Å². The average Bonchev–Trinajstić information content (AvgIpc) is 2.92. The van der Waals surface area contributed by atoms with E-state index in [1.54, 1.807) is 0 Å². The summed E-state index contributed by atoms with van der Waals surface area (Å²) in [6.45, 7) is 13.1. The second-order valence-corrected chi connectivity index (χ2v) is 6.36. The van der Waals surface area contributed by atoms with Gasteiger partial charge in [0.05, 0.1) is 0 Å². The maximum absolute atomic E-state index is 4.89. The summed E-state index contributed by atoms with van der Waals surface area (Å²) in [4.78, 5) is 12.1. The molecule has 0 amide bonds. The van der Waals surface area contributed by atoms with E-state index in [-0.39, 0.29) is 0 Å². The summed E-state index contributed by atoms with van der Waals surface area (Å²) in [5.74, 6) is 3.81. The van der Waals surface area contributed by atoms with Gasteiger partial charge in [-0.05, 0) is 39.0 Å². The quantitative estimate of drug-likeness (QED) is 0.865. The third-order valence-corrected chi connectivity index (χ3v) is 4.33. The first kappa shape index (κ1) is 16.1. The van der Waals surface area contributed by atoms with Crippen LogP contribution in [0.2, 0.25) is 0 Å². The van der Waals surface area contributed by atoms with Gasteiger partial charge in [-0.1, -0.05) is 20.8 Å². The van der Waals surface area contributed by atoms with Crippen LogP contribution in [0, 0.1) is 12.8 Å². The van der Waals surface area contributed by atoms with E-state index in [0.717, 1.165) is 43.4 Å². The van der Waals surface area contributed by atoms with Crippen LogP contribution in [0.1, 0.15) is 58.3 Å². The Morgan fingerprint density at radius 3 is 2.67 bits per heavy atom. The fourth-order valence-electron chi connectivity index (χ4n) is 3.25. The minimum absolute atomic E-state index is 0.613. The molecule has 0 aliphatic carbocycles. The van der Waals surface area contributed by atoms with Gasteiger partial charge in [-0.2, -0.15) is 0 Å². The summed E-state index contributed by atoms with van der Waals surface area (Å²) in [7, 11) is 0. The third-order valence-electron chi connectivity index (χ3n) is 4.33. The van der Waals surface area contributed by atoms with Gasteiger partial charge in [0.25, 0.3) is 0 Å². The molecule has 0 aromatic carbocycles. The first-order valence-corrected chi connectivity index (χ1v) is 8.46. The van der Waals surface area contributed by atoms with Gasteiger partial charge >= 0.3 is 0 Å². The fraction of sp³-hybridized carbons (Fsp3) is 0.765. The molecule has 1 aromatic rings. The van der Waals surface area contributed by atoms with Crippen LogP contribution < -0.4 is 10.2 Å². The van der Waals surface area contributed by atoms with Crippen molar-refractivity contribution in [2.75, 3.05) is 23.3 Å². The highest BCUT2D eigenvalue weighted by molar-refractivity contribution is 5.59. The van der Waals surface area contributed by atoms with E-state index in [9.17, 15) is 0 Å². The van der Waals surface area contributed by atoms with Crippen LogP contribution in [0.15, 0.2) is 0 Å². The first-order valence-electron chi connectivity index (χ1n) is 8.46. The zero-order valence-electron chi connectivity index (χ0n) is 14.2. The van der Waals surface area contributed by atoms with Crippen LogP contribution in [-0.4, -0.2) is 29.1 Å². The van der Waals surface area contributed by atoms with Gasteiger partial charge in [-0.15, -0.1) is 0 Å². The molecule has 1 fully saturated rings. The number of rotatable bonds is 6. The van der Waals surface area contributed by atoms with E-state index in [1.165, 1.54) is 18.4 Å². The lowest BCUT2D eigenvalue weighted by molar-refractivity contribution is 0.488. The Bertz CT molecular complexity index is 470. The van der Waals surface area contributed by atoms with E-state index in [4.69, 9.17) is 9.97 Å². The van der Waals surface area contributed by atoms with Crippen LogP contribution in [0.5, 0.6) is 0 Å². The van der Waals surface area contributed by atoms with Crippen molar-refractivity contribution in [3.05, 3.63) is 11.4 Å². The van der Waals surface area contributed by atoms with Crippen molar-refractivity contribution in [2.24, 2.45) is 5.92 Å². The van der Waals surface area contributed by atoms with Crippen LogP contribution in [0.25, 0.3) is 0 Å². The second-order valence-electron chi connectivity index (χ2n) is 6.36. The van der Waals surface area contributed by atoms with Crippen LogP contribution in [0.3, 0.4) is 0 Å². The molecule has 0 saturated carbocycles.